The minimum absolute atomic E-state index is 0. The van der Waals surface area contributed by atoms with Gasteiger partial charge in [0.25, 0.3) is 0 Å². The lowest BCUT2D eigenvalue weighted by molar-refractivity contribution is -0.910. The van der Waals surface area contributed by atoms with E-state index < -0.39 is 0 Å². The Morgan fingerprint density at radius 1 is 0.812 bits per heavy atom. The number of unbranched alkanes of at least 4 members (excludes halogenated alkanes) is 4. The van der Waals surface area contributed by atoms with Gasteiger partial charge in [-0.25, -0.2) is 0 Å². The zero-order valence-corrected chi connectivity index (χ0v) is 12.1. The summed E-state index contributed by atoms with van der Waals surface area (Å²) < 4.78 is 1.07. The minimum Gasteiger partial charge on any atom is -1.00 e. The largest absolute Gasteiger partial charge is 1.00 e. The van der Waals surface area contributed by atoms with Gasteiger partial charge < -0.3 is 22.0 Å². The van der Waals surface area contributed by atoms with Crippen molar-refractivity contribution in [1.29, 1.82) is 0 Å². The van der Waals surface area contributed by atoms with Crippen molar-refractivity contribution in [3.05, 3.63) is 0 Å². The number of halogens is 1. The highest BCUT2D eigenvalue weighted by Crippen LogP contribution is 2.10. The second-order valence-electron chi connectivity index (χ2n) is 4.93. The van der Waals surface area contributed by atoms with Crippen molar-refractivity contribution >= 4 is 0 Å². The molecule has 0 aliphatic carbocycles. The average molecular weight is 252 g/mol. The number of aliphatic hydroxyl groups excluding tert-OH is 1. The zero-order valence-electron chi connectivity index (χ0n) is 11.3. The summed E-state index contributed by atoms with van der Waals surface area (Å²) in [6, 6.07) is 0. The van der Waals surface area contributed by atoms with E-state index in [-0.39, 0.29) is 12.4 Å². The summed E-state index contributed by atoms with van der Waals surface area (Å²) in [6.07, 6.45) is 7.83. The summed E-state index contributed by atoms with van der Waals surface area (Å²) in [7, 11) is 2.29. The SMILES string of the molecule is CCCCC[N+](C)(CCO)CCCCC.[Cl-]. The third-order valence-electron chi connectivity index (χ3n) is 3.24. The maximum atomic E-state index is 9.10. The highest BCUT2D eigenvalue weighted by atomic mass is 35.5. The lowest BCUT2D eigenvalue weighted by Gasteiger charge is -2.34. The number of aliphatic hydroxyl groups is 1. The van der Waals surface area contributed by atoms with Gasteiger partial charge in [0.1, 0.15) is 6.54 Å². The summed E-state index contributed by atoms with van der Waals surface area (Å²) in [4.78, 5) is 0. The van der Waals surface area contributed by atoms with Gasteiger partial charge in [0.2, 0.25) is 0 Å². The van der Waals surface area contributed by atoms with Gasteiger partial charge in [-0.2, -0.15) is 0 Å². The molecule has 16 heavy (non-hydrogen) atoms. The molecular weight excluding hydrogens is 222 g/mol. The lowest BCUT2D eigenvalue weighted by Crippen LogP contribution is -3.00. The van der Waals surface area contributed by atoms with Crippen molar-refractivity contribution in [2.24, 2.45) is 0 Å². The quantitative estimate of drug-likeness (QED) is 0.422. The summed E-state index contributed by atoms with van der Waals surface area (Å²) in [5.41, 5.74) is 0. The number of likely N-dealkylation sites (N-methyl/N-ethyl adjacent to an activating group) is 1. The fraction of sp³-hybridized carbons (Fsp3) is 1.00. The van der Waals surface area contributed by atoms with Crippen LogP contribution < -0.4 is 12.4 Å². The predicted octanol–water partition coefficient (Wildman–Crippen LogP) is -0.190. The highest BCUT2D eigenvalue weighted by molar-refractivity contribution is 4.44. The Labute approximate surface area is 108 Å². The van der Waals surface area contributed by atoms with Crippen LogP contribution in [0.2, 0.25) is 0 Å². The van der Waals surface area contributed by atoms with Crippen LogP contribution >= 0.6 is 0 Å². The van der Waals surface area contributed by atoms with Gasteiger partial charge in [-0.3, -0.25) is 0 Å². The molecule has 0 radical (unpaired) electrons. The third kappa shape index (κ3) is 9.44. The molecule has 0 rings (SSSR count). The van der Waals surface area contributed by atoms with Crippen LogP contribution in [0.1, 0.15) is 52.4 Å². The molecule has 0 atom stereocenters. The van der Waals surface area contributed by atoms with E-state index in [9.17, 15) is 0 Å². The standard InChI is InChI=1S/C13H30NO.ClH/c1-4-6-8-10-14(3,12-13-15)11-9-7-5-2;/h15H,4-13H2,1-3H3;1H/q+1;/p-1. The van der Waals surface area contributed by atoms with E-state index in [0.717, 1.165) is 11.0 Å². The molecule has 0 bridgehead atoms. The van der Waals surface area contributed by atoms with E-state index >= 15 is 0 Å². The number of rotatable bonds is 10. The summed E-state index contributed by atoms with van der Waals surface area (Å²) in [5, 5.41) is 9.10. The molecule has 0 amide bonds. The Bertz CT molecular complexity index is 132. The molecule has 0 heterocycles. The van der Waals surface area contributed by atoms with Crippen molar-refractivity contribution < 1.29 is 22.0 Å². The molecule has 0 saturated heterocycles. The first-order valence-electron chi connectivity index (χ1n) is 6.63. The first-order valence-corrected chi connectivity index (χ1v) is 6.63. The maximum Gasteiger partial charge on any atom is 0.102 e. The van der Waals surface area contributed by atoms with Crippen LogP contribution in [-0.4, -0.2) is 42.9 Å². The van der Waals surface area contributed by atoms with Gasteiger partial charge in [-0.05, 0) is 25.7 Å². The van der Waals surface area contributed by atoms with Crippen molar-refractivity contribution in [1.82, 2.24) is 0 Å². The van der Waals surface area contributed by atoms with Crippen LogP contribution in [0.5, 0.6) is 0 Å². The van der Waals surface area contributed by atoms with Crippen LogP contribution in [0.15, 0.2) is 0 Å². The second-order valence-corrected chi connectivity index (χ2v) is 4.93. The Balaban J connectivity index is 0. The van der Waals surface area contributed by atoms with Crippen LogP contribution in [0.3, 0.4) is 0 Å². The monoisotopic (exact) mass is 251 g/mol. The van der Waals surface area contributed by atoms with Crippen molar-refractivity contribution in [2.45, 2.75) is 52.4 Å². The molecule has 0 aliphatic rings. The Morgan fingerprint density at radius 3 is 1.56 bits per heavy atom. The number of hydrogen-bond donors (Lipinski definition) is 1. The second kappa shape index (κ2) is 11.7. The van der Waals surface area contributed by atoms with Gasteiger partial charge in [0, 0.05) is 0 Å². The molecule has 0 aliphatic heterocycles. The predicted molar refractivity (Wildman–Crippen MR) is 66.9 cm³/mol. The van der Waals surface area contributed by atoms with Crippen LogP contribution in [0.25, 0.3) is 0 Å². The van der Waals surface area contributed by atoms with Crippen LogP contribution in [0, 0.1) is 0 Å². The van der Waals surface area contributed by atoms with Crippen molar-refractivity contribution in [3.63, 3.8) is 0 Å². The van der Waals surface area contributed by atoms with Crippen LogP contribution in [-0.2, 0) is 0 Å². The van der Waals surface area contributed by atoms with Gasteiger partial charge in [0.15, 0.2) is 0 Å². The lowest BCUT2D eigenvalue weighted by atomic mass is 10.2. The molecule has 0 aromatic rings. The van der Waals surface area contributed by atoms with E-state index in [4.69, 9.17) is 5.11 Å². The molecular formula is C13H30ClNO. The molecule has 100 valence electrons. The molecule has 2 nitrogen and oxygen atoms in total. The molecule has 0 saturated carbocycles. The molecule has 0 aromatic carbocycles. The molecule has 0 fully saturated rings. The summed E-state index contributed by atoms with van der Waals surface area (Å²) in [6.45, 7) is 8.21. The van der Waals surface area contributed by atoms with Gasteiger partial charge >= 0.3 is 0 Å². The van der Waals surface area contributed by atoms with Gasteiger partial charge in [0.05, 0.1) is 26.7 Å². The zero-order chi connectivity index (χ0) is 11.6. The molecule has 0 unspecified atom stereocenters. The van der Waals surface area contributed by atoms with E-state index in [1.54, 1.807) is 0 Å². The Kier molecular flexibility index (Phi) is 13.6. The number of quaternary nitrogens is 1. The first-order chi connectivity index (χ1) is 7.18. The van der Waals surface area contributed by atoms with E-state index in [0.29, 0.717) is 6.61 Å². The Hall–Kier alpha value is 0.210. The average Bonchev–Trinajstić information content (AvgIpc) is 2.19. The number of hydrogen-bond acceptors (Lipinski definition) is 1. The summed E-state index contributed by atoms with van der Waals surface area (Å²) in [5.74, 6) is 0. The maximum absolute atomic E-state index is 9.10. The van der Waals surface area contributed by atoms with Crippen molar-refractivity contribution in [3.8, 4) is 0 Å². The normalized spacial score (nSPS) is 11.2. The third-order valence-corrected chi connectivity index (χ3v) is 3.24. The molecule has 0 spiro atoms. The van der Waals surface area contributed by atoms with Gasteiger partial charge in [-0.1, -0.05) is 26.7 Å². The molecule has 3 heteroatoms. The number of nitrogens with zero attached hydrogens (tertiary/aromatic N) is 1. The smallest absolute Gasteiger partial charge is 0.102 e. The van der Waals surface area contributed by atoms with Crippen molar-refractivity contribution in [2.75, 3.05) is 33.3 Å². The fourth-order valence-corrected chi connectivity index (χ4v) is 2.06. The van der Waals surface area contributed by atoms with E-state index in [1.807, 2.05) is 0 Å². The topological polar surface area (TPSA) is 20.2 Å². The summed E-state index contributed by atoms with van der Waals surface area (Å²) >= 11 is 0. The first kappa shape index (κ1) is 18.6. The Morgan fingerprint density at radius 2 is 1.25 bits per heavy atom. The van der Waals surface area contributed by atoms with E-state index in [2.05, 4.69) is 20.9 Å². The minimum atomic E-state index is 0. The van der Waals surface area contributed by atoms with Crippen LogP contribution in [0.4, 0.5) is 0 Å². The fourth-order valence-electron chi connectivity index (χ4n) is 2.06. The molecule has 0 aromatic heterocycles. The highest BCUT2D eigenvalue weighted by Gasteiger charge is 2.19. The van der Waals surface area contributed by atoms with E-state index in [1.165, 1.54) is 51.6 Å². The molecule has 1 N–H and O–H groups in total. The van der Waals surface area contributed by atoms with Gasteiger partial charge in [-0.15, -0.1) is 0 Å².